The average Bonchev–Trinajstić information content (AvgIpc) is 3.12. The topological polar surface area (TPSA) is 62.8 Å². The van der Waals surface area contributed by atoms with Gasteiger partial charge in [0.2, 0.25) is 0 Å². The molecule has 17 heavy (non-hydrogen) atoms. The smallest absolute Gasteiger partial charge is 0.264 e. The van der Waals surface area contributed by atoms with E-state index in [1.165, 1.54) is 0 Å². The van der Waals surface area contributed by atoms with Crippen LogP contribution in [-0.4, -0.2) is 16.0 Å². The molecule has 2 aliphatic carbocycles. The van der Waals surface area contributed by atoms with Crippen molar-refractivity contribution in [1.29, 1.82) is 0 Å². The van der Waals surface area contributed by atoms with Crippen LogP contribution in [0.4, 0.5) is 0 Å². The first-order chi connectivity index (χ1) is 8.22. The minimum atomic E-state index is -0.141. The Hall–Kier alpha value is -1.45. The maximum atomic E-state index is 11.8. The van der Waals surface area contributed by atoms with E-state index >= 15 is 0 Å². The number of nitrogens with one attached hydrogen (secondary N) is 1. The molecule has 3 rings (SSSR count). The molecule has 1 unspecified atom stereocenters. The fourth-order valence-corrected chi connectivity index (χ4v) is 2.65. The second-order valence-electron chi connectivity index (χ2n) is 5.26. The van der Waals surface area contributed by atoms with Crippen molar-refractivity contribution in [3.63, 3.8) is 0 Å². The lowest BCUT2D eigenvalue weighted by molar-refractivity contribution is -0.121. The first-order valence-electron chi connectivity index (χ1n) is 6.32. The number of aromatic amines is 1. The van der Waals surface area contributed by atoms with E-state index in [1.54, 1.807) is 6.07 Å². The highest BCUT2D eigenvalue weighted by Gasteiger charge is 2.32. The normalized spacial score (nSPS) is 23.2. The molecule has 4 heteroatoms. The lowest BCUT2D eigenvalue weighted by Crippen LogP contribution is -2.22. The summed E-state index contributed by atoms with van der Waals surface area (Å²) in [5.41, 5.74) is 1.89. The third-order valence-corrected chi connectivity index (χ3v) is 3.80. The Balaban J connectivity index is 1.71. The highest BCUT2D eigenvalue weighted by atomic mass is 16.1. The second kappa shape index (κ2) is 4.09. The van der Waals surface area contributed by atoms with Crippen molar-refractivity contribution in [2.45, 2.75) is 38.5 Å². The number of aryl methyl sites for hydroxylation is 1. The average molecular weight is 232 g/mol. The van der Waals surface area contributed by atoms with E-state index < -0.39 is 0 Å². The van der Waals surface area contributed by atoms with Gasteiger partial charge < -0.3 is 0 Å². The van der Waals surface area contributed by atoms with Gasteiger partial charge in [-0.15, -0.1) is 0 Å². The van der Waals surface area contributed by atoms with Crippen molar-refractivity contribution in [1.82, 2.24) is 10.2 Å². The van der Waals surface area contributed by atoms with Gasteiger partial charge >= 0.3 is 0 Å². The van der Waals surface area contributed by atoms with E-state index in [9.17, 15) is 9.59 Å². The van der Waals surface area contributed by atoms with Gasteiger partial charge in [-0.3, -0.25) is 9.59 Å². The molecule has 1 atom stereocenters. The molecule has 1 aromatic rings. The quantitative estimate of drug-likeness (QED) is 0.853. The van der Waals surface area contributed by atoms with E-state index in [4.69, 9.17) is 0 Å². The van der Waals surface area contributed by atoms with Crippen LogP contribution < -0.4 is 5.56 Å². The van der Waals surface area contributed by atoms with E-state index in [0.29, 0.717) is 24.0 Å². The molecule has 0 aromatic carbocycles. The van der Waals surface area contributed by atoms with Gasteiger partial charge in [0.15, 0.2) is 0 Å². The van der Waals surface area contributed by atoms with Gasteiger partial charge in [-0.1, -0.05) is 0 Å². The Bertz CT molecular complexity index is 502. The maximum Gasteiger partial charge on any atom is 0.264 e. The highest BCUT2D eigenvalue weighted by molar-refractivity contribution is 5.83. The van der Waals surface area contributed by atoms with Crippen LogP contribution in [0.3, 0.4) is 0 Å². The summed E-state index contributed by atoms with van der Waals surface area (Å²) < 4.78 is 0. The molecule has 1 heterocycles. The molecular weight excluding hydrogens is 216 g/mol. The van der Waals surface area contributed by atoms with Crippen LogP contribution in [0.15, 0.2) is 10.9 Å². The number of Topliss-reactive ketones (excluding diaryl/α,β-unsaturated/α-hetero) is 1. The van der Waals surface area contributed by atoms with E-state index in [2.05, 4.69) is 10.2 Å². The fourth-order valence-electron chi connectivity index (χ4n) is 2.65. The predicted molar refractivity (Wildman–Crippen MR) is 62.7 cm³/mol. The van der Waals surface area contributed by atoms with Crippen molar-refractivity contribution in [3.8, 4) is 0 Å². The molecule has 4 nitrogen and oxygen atoms in total. The Labute approximate surface area is 99.4 Å². The largest absolute Gasteiger partial charge is 0.299 e. The van der Waals surface area contributed by atoms with Crippen LogP contribution in [0.1, 0.15) is 36.9 Å². The molecule has 1 fully saturated rings. The summed E-state index contributed by atoms with van der Waals surface area (Å²) in [5, 5.41) is 6.53. The molecule has 1 saturated carbocycles. The zero-order valence-corrected chi connectivity index (χ0v) is 9.74. The van der Waals surface area contributed by atoms with E-state index in [0.717, 1.165) is 43.4 Å². The second-order valence-corrected chi connectivity index (χ2v) is 5.26. The Morgan fingerprint density at radius 1 is 1.41 bits per heavy atom. The first kappa shape index (κ1) is 10.7. The molecule has 0 bridgehead atoms. The van der Waals surface area contributed by atoms with Gasteiger partial charge in [0.25, 0.3) is 5.56 Å². The summed E-state index contributed by atoms with van der Waals surface area (Å²) in [5.74, 6) is 1.20. The lowest BCUT2D eigenvalue weighted by Gasteiger charge is -2.22. The van der Waals surface area contributed by atoms with Crippen molar-refractivity contribution >= 4 is 5.78 Å². The van der Waals surface area contributed by atoms with Crippen molar-refractivity contribution in [2.24, 2.45) is 11.8 Å². The third-order valence-electron chi connectivity index (χ3n) is 3.80. The number of carbonyl (C=O) groups is 1. The molecule has 0 amide bonds. The van der Waals surface area contributed by atoms with E-state index in [-0.39, 0.29) is 5.56 Å². The number of carbonyl (C=O) groups excluding carboxylic acids is 1. The van der Waals surface area contributed by atoms with E-state index in [1.807, 2.05) is 0 Å². The molecule has 1 N–H and O–H groups in total. The SMILES string of the molecule is O=C(CC1CCc2n[nH]c(=O)cc2C1)C1CC1. The molecule has 0 spiro atoms. The molecule has 2 aliphatic rings. The number of rotatable bonds is 3. The summed E-state index contributed by atoms with van der Waals surface area (Å²) >= 11 is 0. The number of nitrogens with zero attached hydrogens (tertiary/aromatic N) is 1. The number of hydrogen-bond acceptors (Lipinski definition) is 3. The molecule has 0 aliphatic heterocycles. The number of hydrogen-bond donors (Lipinski definition) is 1. The van der Waals surface area contributed by atoms with Crippen LogP contribution in [0.5, 0.6) is 0 Å². The summed E-state index contributed by atoms with van der Waals surface area (Å²) in [6.45, 7) is 0. The summed E-state index contributed by atoms with van der Waals surface area (Å²) in [6, 6.07) is 1.64. The van der Waals surface area contributed by atoms with Crippen LogP contribution >= 0.6 is 0 Å². The standard InChI is InChI=1S/C13H16N2O2/c16-12(9-2-3-9)6-8-1-4-11-10(5-8)7-13(17)15-14-11/h7-9H,1-6H2,(H,15,17). The maximum absolute atomic E-state index is 11.8. The predicted octanol–water partition coefficient (Wildman–Crippen LogP) is 1.24. The molecular formula is C13H16N2O2. The van der Waals surface area contributed by atoms with Gasteiger partial charge in [-0.2, -0.15) is 5.10 Å². The minimum absolute atomic E-state index is 0.141. The number of fused-ring (bicyclic) bond motifs is 1. The highest BCUT2D eigenvalue weighted by Crippen LogP contribution is 2.34. The molecule has 1 aromatic heterocycles. The number of H-pyrrole nitrogens is 1. The van der Waals surface area contributed by atoms with Crippen molar-refractivity contribution < 1.29 is 4.79 Å². The Morgan fingerprint density at radius 2 is 2.24 bits per heavy atom. The number of aromatic nitrogens is 2. The van der Waals surface area contributed by atoms with Crippen LogP contribution in [0.2, 0.25) is 0 Å². The van der Waals surface area contributed by atoms with Gasteiger partial charge in [0.1, 0.15) is 5.78 Å². The summed E-state index contributed by atoms with van der Waals surface area (Å²) in [6.07, 6.45) is 5.60. The fraction of sp³-hybridized carbons (Fsp3) is 0.615. The first-order valence-corrected chi connectivity index (χ1v) is 6.32. The van der Waals surface area contributed by atoms with Gasteiger partial charge in [-0.25, -0.2) is 5.10 Å². The zero-order chi connectivity index (χ0) is 11.8. The van der Waals surface area contributed by atoms with Gasteiger partial charge in [0.05, 0.1) is 5.69 Å². The van der Waals surface area contributed by atoms with Crippen molar-refractivity contribution in [2.75, 3.05) is 0 Å². The molecule has 0 saturated heterocycles. The van der Waals surface area contributed by atoms with Crippen molar-refractivity contribution in [3.05, 3.63) is 27.7 Å². The summed E-state index contributed by atoms with van der Waals surface area (Å²) in [4.78, 5) is 23.0. The summed E-state index contributed by atoms with van der Waals surface area (Å²) in [7, 11) is 0. The van der Waals surface area contributed by atoms with Gasteiger partial charge in [0, 0.05) is 18.4 Å². The Kier molecular flexibility index (Phi) is 2.57. The molecule has 90 valence electrons. The minimum Gasteiger partial charge on any atom is -0.299 e. The monoisotopic (exact) mass is 232 g/mol. The van der Waals surface area contributed by atoms with Crippen LogP contribution in [0.25, 0.3) is 0 Å². The van der Waals surface area contributed by atoms with Crippen LogP contribution in [0, 0.1) is 11.8 Å². The van der Waals surface area contributed by atoms with Crippen LogP contribution in [-0.2, 0) is 17.6 Å². The molecule has 0 radical (unpaired) electrons. The zero-order valence-electron chi connectivity index (χ0n) is 9.74. The number of ketones is 1. The Morgan fingerprint density at radius 3 is 3.00 bits per heavy atom. The lowest BCUT2D eigenvalue weighted by atomic mass is 9.83. The van der Waals surface area contributed by atoms with Gasteiger partial charge in [-0.05, 0) is 43.6 Å². The third kappa shape index (κ3) is 2.30.